The van der Waals surface area contributed by atoms with Crippen molar-refractivity contribution >= 4 is 30.2 Å². The Kier molecular flexibility index (Phi) is 3.56. The van der Waals surface area contributed by atoms with Gasteiger partial charge in [-0.1, -0.05) is 23.2 Å². The van der Waals surface area contributed by atoms with Gasteiger partial charge in [-0.25, -0.2) is 0 Å². The number of hydrogen-bond donors (Lipinski definition) is 0. The lowest BCUT2D eigenvalue weighted by atomic mass is 9.95. The second-order valence-corrected chi connectivity index (χ2v) is 3.50. The van der Waals surface area contributed by atoms with Gasteiger partial charge in [0, 0.05) is 10.0 Å². The summed E-state index contributed by atoms with van der Waals surface area (Å²) in [5, 5.41) is 0.476. The van der Waals surface area contributed by atoms with Crippen LogP contribution in [0.3, 0.4) is 0 Å². The molecule has 0 heterocycles. The lowest BCUT2D eigenvalue weighted by Crippen LogP contribution is -2.26. The van der Waals surface area contributed by atoms with Gasteiger partial charge in [-0.15, -0.1) is 0 Å². The third-order valence-corrected chi connectivity index (χ3v) is 1.71. The van der Waals surface area contributed by atoms with Gasteiger partial charge in [0.05, 0.1) is 6.51 Å². The van der Waals surface area contributed by atoms with E-state index in [4.69, 9.17) is 23.2 Å². The van der Waals surface area contributed by atoms with Crippen LogP contribution in [0, 0.1) is 0 Å². The maximum Gasteiger partial charge on any atom is 0.515 e. The maximum atomic E-state index is 11.8. The van der Waals surface area contributed by atoms with Crippen molar-refractivity contribution in [1.29, 1.82) is 0 Å². The minimum Gasteiger partial charge on any atom is -0.522 e. The molecule has 1 aromatic carbocycles. The average molecular weight is 244 g/mol. The van der Waals surface area contributed by atoms with Crippen molar-refractivity contribution in [3.05, 3.63) is 28.2 Å². The summed E-state index contributed by atoms with van der Waals surface area (Å²) in [7, 11) is 0. The molecule has 0 aromatic heterocycles. The predicted molar refractivity (Wildman–Crippen MR) is 51.0 cm³/mol. The van der Waals surface area contributed by atoms with Gasteiger partial charge in [-0.3, -0.25) is 0 Å². The number of halogens is 5. The fourth-order valence-electron chi connectivity index (χ4n) is 0.803. The Morgan fingerprint density at radius 2 is 1.57 bits per heavy atom. The smallest absolute Gasteiger partial charge is 0.515 e. The molecule has 0 aliphatic rings. The van der Waals surface area contributed by atoms with Crippen molar-refractivity contribution in [1.82, 2.24) is 0 Å². The highest BCUT2D eigenvalue weighted by molar-refractivity contribution is 6.58. The minimum atomic E-state index is -4.96. The largest absolute Gasteiger partial charge is 0.522 e. The van der Waals surface area contributed by atoms with Crippen LogP contribution in [0.1, 0.15) is 0 Å². The van der Waals surface area contributed by atoms with Crippen LogP contribution in [0.2, 0.25) is 10.0 Å². The Hall–Kier alpha value is -0.545. The monoisotopic (exact) mass is 243 g/mol. The second kappa shape index (κ2) is 4.32. The van der Waals surface area contributed by atoms with E-state index in [1.807, 2.05) is 0 Å². The van der Waals surface area contributed by atoms with Crippen molar-refractivity contribution in [3.63, 3.8) is 0 Å². The number of benzene rings is 1. The first-order valence-corrected chi connectivity index (χ1v) is 4.42. The molecule has 0 spiro atoms. The normalized spacial score (nSPS) is 11.5. The summed E-state index contributed by atoms with van der Waals surface area (Å²) in [6.07, 6.45) is 0. The number of hydrogen-bond acceptors (Lipinski definition) is 1. The molecular formula is C7H5BCl2F3O-. The average Bonchev–Trinajstić information content (AvgIpc) is 1.97. The first-order valence-electron chi connectivity index (χ1n) is 3.67. The molecule has 0 atom stereocenters. The third-order valence-electron chi connectivity index (χ3n) is 1.28. The molecule has 1 nitrogen and oxygen atoms in total. The Labute approximate surface area is 88.8 Å². The summed E-state index contributed by atoms with van der Waals surface area (Å²) >= 11 is 11.1. The number of ether oxygens (including phenoxy) is 1. The van der Waals surface area contributed by atoms with E-state index in [1.165, 1.54) is 18.2 Å². The summed E-state index contributed by atoms with van der Waals surface area (Å²) in [6.45, 7) is -6.25. The van der Waals surface area contributed by atoms with Gasteiger partial charge in [-0.2, -0.15) is 0 Å². The SMILES string of the molecule is F[B-](F)(F)COc1cc(Cl)cc(Cl)c1. The Bertz CT molecular complexity index is 309. The van der Waals surface area contributed by atoms with E-state index >= 15 is 0 Å². The van der Waals surface area contributed by atoms with Gasteiger partial charge in [-0.05, 0) is 18.2 Å². The molecule has 1 rings (SSSR count). The molecule has 0 unspecified atom stereocenters. The fraction of sp³-hybridized carbons (Fsp3) is 0.143. The predicted octanol–water partition coefficient (Wildman–Crippen LogP) is 3.76. The van der Waals surface area contributed by atoms with Crippen molar-refractivity contribution in [2.24, 2.45) is 0 Å². The molecule has 0 amide bonds. The van der Waals surface area contributed by atoms with E-state index < -0.39 is 13.5 Å². The molecule has 78 valence electrons. The molecule has 1 aromatic rings. The van der Waals surface area contributed by atoms with Crippen LogP contribution in [0.4, 0.5) is 12.9 Å². The molecule has 14 heavy (non-hydrogen) atoms. The molecule has 0 aliphatic heterocycles. The first kappa shape index (κ1) is 11.5. The van der Waals surface area contributed by atoms with Gasteiger partial charge in [0.25, 0.3) is 0 Å². The van der Waals surface area contributed by atoms with Crippen molar-refractivity contribution < 1.29 is 17.7 Å². The highest BCUT2D eigenvalue weighted by Crippen LogP contribution is 2.25. The lowest BCUT2D eigenvalue weighted by Gasteiger charge is -2.15. The van der Waals surface area contributed by atoms with Gasteiger partial charge < -0.3 is 17.7 Å². The zero-order valence-corrected chi connectivity index (χ0v) is 8.33. The first-order chi connectivity index (χ1) is 6.37. The van der Waals surface area contributed by atoms with Crippen LogP contribution < -0.4 is 4.74 Å². The lowest BCUT2D eigenvalue weighted by molar-refractivity contribution is 0.313. The Morgan fingerprint density at radius 1 is 1.07 bits per heavy atom. The standard InChI is InChI=1S/C7H5BCl2F3O/c9-5-1-6(10)3-7(2-5)14-4-8(11,12)13/h1-3H,4H2/q-1. The fourth-order valence-corrected chi connectivity index (χ4v) is 1.31. The molecule has 7 heteroatoms. The Balaban J connectivity index is 2.68. The third kappa shape index (κ3) is 4.11. The molecular weight excluding hydrogens is 239 g/mol. The summed E-state index contributed by atoms with van der Waals surface area (Å²) in [4.78, 5) is 0. The summed E-state index contributed by atoms with van der Waals surface area (Å²) in [5.74, 6) is 0.0155. The zero-order chi connectivity index (χ0) is 10.8. The van der Waals surface area contributed by atoms with Crippen LogP contribution in [-0.2, 0) is 0 Å². The van der Waals surface area contributed by atoms with E-state index in [1.54, 1.807) is 0 Å². The summed E-state index contributed by atoms with van der Waals surface area (Å²) < 4.78 is 39.9. The quantitative estimate of drug-likeness (QED) is 0.735. The van der Waals surface area contributed by atoms with Crippen LogP contribution in [-0.4, -0.2) is 13.5 Å². The summed E-state index contributed by atoms with van der Waals surface area (Å²) in [6, 6.07) is 3.96. The molecule has 0 N–H and O–H groups in total. The topological polar surface area (TPSA) is 9.23 Å². The Morgan fingerprint density at radius 3 is 2.00 bits per heavy atom. The molecule has 0 saturated heterocycles. The van der Waals surface area contributed by atoms with Crippen LogP contribution in [0.5, 0.6) is 5.75 Å². The van der Waals surface area contributed by atoms with Crippen LogP contribution in [0.15, 0.2) is 18.2 Å². The molecule has 0 bridgehead atoms. The molecule has 0 aliphatic carbocycles. The van der Waals surface area contributed by atoms with Crippen molar-refractivity contribution in [3.8, 4) is 5.75 Å². The zero-order valence-electron chi connectivity index (χ0n) is 6.81. The van der Waals surface area contributed by atoms with Crippen LogP contribution in [0.25, 0.3) is 0 Å². The van der Waals surface area contributed by atoms with Crippen LogP contribution >= 0.6 is 23.2 Å². The number of rotatable bonds is 3. The van der Waals surface area contributed by atoms with Gasteiger partial charge >= 0.3 is 6.98 Å². The minimum absolute atomic E-state index is 0.0155. The van der Waals surface area contributed by atoms with Crippen molar-refractivity contribution in [2.45, 2.75) is 0 Å². The second-order valence-electron chi connectivity index (χ2n) is 2.63. The van der Waals surface area contributed by atoms with E-state index in [0.717, 1.165) is 0 Å². The van der Waals surface area contributed by atoms with Gasteiger partial charge in [0.2, 0.25) is 0 Å². The van der Waals surface area contributed by atoms with Gasteiger partial charge in [0.1, 0.15) is 5.75 Å². The van der Waals surface area contributed by atoms with E-state index in [-0.39, 0.29) is 15.8 Å². The molecule has 0 radical (unpaired) electrons. The van der Waals surface area contributed by atoms with E-state index in [2.05, 4.69) is 4.74 Å². The summed E-state index contributed by atoms with van der Waals surface area (Å²) in [5.41, 5.74) is 0. The van der Waals surface area contributed by atoms with E-state index in [0.29, 0.717) is 0 Å². The molecule has 0 saturated carbocycles. The van der Waals surface area contributed by atoms with Crippen molar-refractivity contribution in [2.75, 3.05) is 6.51 Å². The highest BCUT2D eigenvalue weighted by Gasteiger charge is 2.24. The highest BCUT2D eigenvalue weighted by atomic mass is 35.5. The van der Waals surface area contributed by atoms with Gasteiger partial charge in [0.15, 0.2) is 0 Å². The molecule has 0 fully saturated rings. The maximum absolute atomic E-state index is 11.8. The van der Waals surface area contributed by atoms with E-state index in [9.17, 15) is 12.9 Å².